The van der Waals surface area contributed by atoms with Crippen molar-refractivity contribution in [2.24, 2.45) is 0 Å². The molecule has 1 aliphatic carbocycles. The Balaban J connectivity index is 0.00000392. The maximum Gasteiger partial charge on any atom is 0.256 e. The van der Waals surface area contributed by atoms with Gasteiger partial charge in [-0.15, -0.1) is 0 Å². The van der Waals surface area contributed by atoms with Gasteiger partial charge in [0.05, 0.1) is 6.54 Å². The van der Waals surface area contributed by atoms with Crippen LogP contribution in [-0.4, -0.2) is 28.2 Å². The Morgan fingerprint density at radius 3 is 2.07 bits per heavy atom. The van der Waals surface area contributed by atoms with E-state index in [-0.39, 0.29) is 50.3 Å². The number of Topliss-reactive ketones (excluding diaryl/α,β-unsaturated/α-hetero) is 2. The summed E-state index contributed by atoms with van der Waals surface area (Å²) in [6.07, 6.45) is 0.190. The maximum atomic E-state index is 12.5. The molecule has 1 aliphatic rings. The van der Waals surface area contributed by atoms with Gasteiger partial charge in [-0.05, 0) is 52.7 Å². The van der Waals surface area contributed by atoms with E-state index in [9.17, 15) is 19.5 Å². The minimum Gasteiger partial charge on any atom is -1.00 e. The molecule has 2 rings (SSSR count). The van der Waals surface area contributed by atoms with Gasteiger partial charge in [0.25, 0.3) is 5.91 Å². The molecule has 0 saturated heterocycles. The summed E-state index contributed by atoms with van der Waals surface area (Å²) in [5.74, 6) is -0.901. The van der Waals surface area contributed by atoms with Gasteiger partial charge in [-0.2, -0.15) is 13.5 Å². The summed E-state index contributed by atoms with van der Waals surface area (Å²) in [4.78, 5) is 37.2. The molecule has 0 unspecified atom stereocenters. The van der Waals surface area contributed by atoms with Crippen molar-refractivity contribution in [3.63, 3.8) is 0 Å². The standard InChI is InChI=1S/C21H26N2O4.ClH.H2S/c1-12-13(2)19(25)17(14(3)18(12)24)9-10-21(4,27)20(26)23-16-7-5-15(11-22)6-8-16;;/h5-8,27H,9-11,22H2,1-4H3,(H,23,26);1H;1H2/t21-;;/m0../s1. The monoisotopic (exact) mass is 440 g/mol. The van der Waals surface area contributed by atoms with Crippen molar-refractivity contribution in [1.29, 1.82) is 0 Å². The molecule has 1 aromatic carbocycles. The van der Waals surface area contributed by atoms with Crippen molar-refractivity contribution in [3.05, 3.63) is 52.1 Å². The molecular formula is C21H29ClN2O4S. The van der Waals surface area contributed by atoms with Crippen LogP contribution in [0.1, 0.15) is 46.1 Å². The zero-order valence-corrected chi connectivity index (χ0v) is 18.9. The van der Waals surface area contributed by atoms with Gasteiger partial charge in [-0.3, -0.25) is 14.4 Å². The van der Waals surface area contributed by atoms with Gasteiger partial charge in [-0.1, -0.05) is 12.1 Å². The predicted molar refractivity (Wildman–Crippen MR) is 113 cm³/mol. The summed E-state index contributed by atoms with van der Waals surface area (Å²) in [5.41, 5.74) is 5.38. The Hall–Kier alpha value is -1.93. The average Bonchev–Trinajstić information content (AvgIpc) is 2.65. The van der Waals surface area contributed by atoms with Crippen molar-refractivity contribution >= 4 is 36.7 Å². The number of aliphatic hydroxyl groups is 1. The smallest absolute Gasteiger partial charge is 0.256 e. The maximum absolute atomic E-state index is 12.5. The minimum atomic E-state index is -1.67. The fourth-order valence-electron chi connectivity index (χ4n) is 2.96. The molecule has 1 amide bonds. The molecule has 0 heterocycles. The second-order valence-electron chi connectivity index (χ2n) is 7.19. The normalized spacial score (nSPS) is 16.1. The molecule has 5 N–H and O–H groups in total. The number of nitrogens with one attached hydrogen (secondary N) is 1. The molecule has 8 heteroatoms. The molecule has 0 aliphatic heterocycles. The lowest BCUT2D eigenvalue weighted by Crippen LogP contribution is -3.00. The Bertz CT molecular complexity index is 858. The minimum absolute atomic E-state index is 0. The molecule has 0 bridgehead atoms. The van der Waals surface area contributed by atoms with Gasteiger partial charge in [0.1, 0.15) is 5.60 Å². The number of carbonyl (C=O) groups excluding carboxylic acids is 3. The van der Waals surface area contributed by atoms with Crippen LogP contribution in [0, 0.1) is 0 Å². The quantitative estimate of drug-likeness (QED) is 0.483. The van der Waals surface area contributed by atoms with Crippen molar-refractivity contribution in [3.8, 4) is 0 Å². The van der Waals surface area contributed by atoms with E-state index in [0.717, 1.165) is 5.56 Å². The van der Waals surface area contributed by atoms with Crippen molar-refractivity contribution < 1.29 is 37.6 Å². The molecular weight excluding hydrogens is 412 g/mol. The van der Waals surface area contributed by atoms with Gasteiger partial charge in [0.2, 0.25) is 0 Å². The first-order chi connectivity index (χ1) is 12.6. The number of ketones is 2. The van der Waals surface area contributed by atoms with E-state index in [2.05, 4.69) is 11.1 Å². The fraction of sp³-hybridized carbons (Fsp3) is 0.381. The molecule has 0 aromatic heterocycles. The number of anilines is 1. The van der Waals surface area contributed by atoms with Crippen LogP contribution < -0.4 is 23.5 Å². The highest BCUT2D eigenvalue weighted by Crippen LogP contribution is 2.29. The van der Waals surface area contributed by atoms with Crippen LogP contribution in [0.5, 0.6) is 0 Å². The molecule has 1 aromatic rings. The summed E-state index contributed by atoms with van der Waals surface area (Å²) < 4.78 is 0. The van der Waals surface area contributed by atoms with Crippen LogP contribution in [0.3, 0.4) is 0 Å². The van der Waals surface area contributed by atoms with Crippen LogP contribution >= 0.6 is 13.5 Å². The lowest BCUT2D eigenvalue weighted by atomic mass is 9.82. The van der Waals surface area contributed by atoms with Gasteiger partial charge in [0.15, 0.2) is 11.6 Å². The third-order valence-electron chi connectivity index (χ3n) is 5.16. The molecule has 0 saturated carbocycles. The SMILES string of the molecule is CC1=C(C)C(=O)C(CC[C@](C)(O)C(=O)Nc2ccc(C[NH3+])cc2)=C(C)C1=O.S.[Cl-]. The summed E-state index contributed by atoms with van der Waals surface area (Å²) >= 11 is 0. The topological polar surface area (TPSA) is 111 Å². The molecule has 0 spiro atoms. The number of hydrogen-bond donors (Lipinski definition) is 3. The van der Waals surface area contributed by atoms with Crippen molar-refractivity contribution in [2.75, 3.05) is 5.32 Å². The second-order valence-corrected chi connectivity index (χ2v) is 7.19. The highest BCUT2D eigenvalue weighted by atomic mass is 35.5. The van der Waals surface area contributed by atoms with E-state index >= 15 is 0 Å². The molecule has 6 nitrogen and oxygen atoms in total. The van der Waals surface area contributed by atoms with Crippen LogP contribution in [0.4, 0.5) is 5.69 Å². The van der Waals surface area contributed by atoms with Crippen LogP contribution in [0.15, 0.2) is 46.6 Å². The van der Waals surface area contributed by atoms with Crippen LogP contribution in [0.2, 0.25) is 0 Å². The molecule has 0 radical (unpaired) electrons. The molecule has 160 valence electrons. The average molecular weight is 441 g/mol. The predicted octanol–water partition coefficient (Wildman–Crippen LogP) is -1.18. The Kier molecular flexibility index (Phi) is 10.0. The Morgan fingerprint density at radius 1 is 1.03 bits per heavy atom. The molecule has 1 atom stereocenters. The van der Waals surface area contributed by atoms with Crippen molar-refractivity contribution in [1.82, 2.24) is 0 Å². The number of hydrogen-bond acceptors (Lipinski definition) is 4. The van der Waals surface area contributed by atoms with Crippen LogP contribution in [-0.2, 0) is 20.9 Å². The Labute approximate surface area is 184 Å². The first kappa shape index (κ1) is 27.1. The number of benzene rings is 1. The zero-order valence-electron chi connectivity index (χ0n) is 17.2. The molecule has 0 fully saturated rings. The highest BCUT2D eigenvalue weighted by molar-refractivity contribution is 7.59. The van der Waals surface area contributed by atoms with E-state index in [1.54, 1.807) is 32.9 Å². The van der Waals surface area contributed by atoms with Gasteiger partial charge in [0, 0.05) is 33.5 Å². The van der Waals surface area contributed by atoms with E-state index < -0.39 is 11.5 Å². The van der Waals surface area contributed by atoms with Crippen LogP contribution in [0.25, 0.3) is 0 Å². The third kappa shape index (κ3) is 6.02. The summed E-state index contributed by atoms with van der Waals surface area (Å²) in [6.45, 7) is 6.94. The van der Waals surface area contributed by atoms with E-state index in [0.29, 0.717) is 34.5 Å². The second kappa shape index (κ2) is 10.7. The first-order valence-corrected chi connectivity index (χ1v) is 8.97. The number of allylic oxidation sites excluding steroid dienone is 4. The number of rotatable bonds is 6. The van der Waals surface area contributed by atoms with E-state index in [4.69, 9.17) is 0 Å². The number of quaternary nitrogens is 1. The number of amides is 1. The molecule has 29 heavy (non-hydrogen) atoms. The zero-order chi connectivity index (χ0) is 20.4. The van der Waals surface area contributed by atoms with Gasteiger partial charge < -0.3 is 28.6 Å². The third-order valence-corrected chi connectivity index (χ3v) is 5.16. The van der Waals surface area contributed by atoms with Gasteiger partial charge in [-0.25, -0.2) is 0 Å². The lowest BCUT2D eigenvalue weighted by Gasteiger charge is -2.25. The summed E-state index contributed by atoms with van der Waals surface area (Å²) in [5, 5.41) is 13.3. The summed E-state index contributed by atoms with van der Waals surface area (Å²) in [6, 6.07) is 7.22. The number of carbonyl (C=O) groups is 3. The highest BCUT2D eigenvalue weighted by Gasteiger charge is 2.33. The summed E-state index contributed by atoms with van der Waals surface area (Å²) in [7, 11) is 0. The van der Waals surface area contributed by atoms with Crippen molar-refractivity contribution in [2.45, 2.75) is 52.7 Å². The number of halogens is 1. The fourth-order valence-corrected chi connectivity index (χ4v) is 2.96. The van der Waals surface area contributed by atoms with E-state index in [1.807, 2.05) is 12.1 Å². The Morgan fingerprint density at radius 2 is 1.55 bits per heavy atom. The lowest BCUT2D eigenvalue weighted by molar-refractivity contribution is -0.386. The van der Waals surface area contributed by atoms with E-state index in [1.165, 1.54) is 6.92 Å². The van der Waals surface area contributed by atoms with Gasteiger partial charge >= 0.3 is 0 Å². The largest absolute Gasteiger partial charge is 1.00 e. The first-order valence-electron chi connectivity index (χ1n) is 8.97.